The van der Waals surface area contributed by atoms with Crippen LogP contribution in [0.15, 0.2) is 66.0 Å². The van der Waals surface area contributed by atoms with E-state index in [0.29, 0.717) is 5.92 Å². The van der Waals surface area contributed by atoms with E-state index in [9.17, 15) is 9.18 Å². The number of nitrogens with one attached hydrogen (secondary N) is 1. The van der Waals surface area contributed by atoms with Gasteiger partial charge in [0.1, 0.15) is 11.5 Å². The Balaban J connectivity index is 0.000000260. The Bertz CT molecular complexity index is 1420. The zero-order valence-corrected chi connectivity index (χ0v) is 24.1. The summed E-state index contributed by atoms with van der Waals surface area (Å²) in [6.07, 6.45) is 16.2. The number of nitrogens with zero attached hydrogens (tertiary/aromatic N) is 3. The highest BCUT2D eigenvalue weighted by Gasteiger charge is 2.25. The molecule has 2 aliphatic rings. The Morgan fingerprint density at radius 3 is 2.56 bits per heavy atom. The summed E-state index contributed by atoms with van der Waals surface area (Å²) >= 11 is 0. The number of allylic oxidation sites excluding steroid dienone is 4. The van der Waals surface area contributed by atoms with Gasteiger partial charge in [-0.1, -0.05) is 44.2 Å². The van der Waals surface area contributed by atoms with Gasteiger partial charge in [0, 0.05) is 26.9 Å². The molecule has 2 heterocycles. The van der Waals surface area contributed by atoms with Crippen molar-refractivity contribution in [3.05, 3.63) is 94.7 Å². The van der Waals surface area contributed by atoms with E-state index in [4.69, 9.17) is 0 Å². The zero-order chi connectivity index (χ0) is 28.5. The van der Waals surface area contributed by atoms with Gasteiger partial charge in [-0.05, 0) is 98.9 Å². The molecular weight excluding hydrogens is 487 g/mol. The summed E-state index contributed by atoms with van der Waals surface area (Å²) in [5.74, 6) is -0.178. The Morgan fingerprint density at radius 1 is 1.23 bits per heavy atom. The molecule has 39 heavy (non-hydrogen) atoms. The van der Waals surface area contributed by atoms with Crippen LogP contribution in [0, 0.1) is 12.7 Å². The Labute approximate surface area is 233 Å². The molecule has 0 radical (unpaired) electrons. The van der Waals surface area contributed by atoms with Gasteiger partial charge in [0.05, 0.1) is 17.5 Å². The maximum absolute atomic E-state index is 14.0. The quantitative estimate of drug-likeness (QED) is 0.258. The predicted octanol–water partition coefficient (Wildman–Crippen LogP) is 8.20. The molecule has 5 rings (SSSR count). The third-order valence-electron chi connectivity index (χ3n) is 6.92. The highest BCUT2D eigenvalue weighted by molar-refractivity contribution is 6.11. The van der Waals surface area contributed by atoms with E-state index in [1.54, 1.807) is 19.3 Å². The van der Waals surface area contributed by atoms with Crippen molar-refractivity contribution in [2.75, 3.05) is 7.05 Å². The second-order valence-electron chi connectivity index (χ2n) is 9.79. The topological polar surface area (TPSA) is 58.8 Å². The molecule has 3 aromatic rings. The summed E-state index contributed by atoms with van der Waals surface area (Å²) in [7, 11) is 1.68. The third kappa shape index (κ3) is 7.41. The normalized spacial score (nSPS) is 16.7. The number of fused-ring (bicyclic) bond motifs is 1. The Morgan fingerprint density at radius 2 is 1.97 bits per heavy atom. The highest BCUT2D eigenvalue weighted by Crippen LogP contribution is 2.33. The van der Waals surface area contributed by atoms with E-state index >= 15 is 0 Å². The standard InChI is InChI=1S/C16H19FN2O.C15H16N2.C2H6.H2/c1-4-11(9-18-3)13-8-14(15(17)7-10(13)2)16(20)19-12-5-6-12;1-3-14-9-16-15-7-6-13(10-17(14)15)12-5-4-11(2)8-12;1-2;/h4,7-9,12H,5-6H2,1-3H3,(H,19,20);3-4,6-7,9-10,12H,1,5,8H2,2H3;1-2H3;1H/b11-4+,18-9?;;;. The summed E-state index contributed by atoms with van der Waals surface area (Å²) < 4.78 is 16.1. The van der Waals surface area contributed by atoms with Crippen LogP contribution in [0.25, 0.3) is 17.3 Å². The van der Waals surface area contributed by atoms with Crippen molar-refractivity contribution in [3.8, 4) is 0 Å². The van der Waals surface area contributed by atoms with Gasteiger partial charge < -0.3 is 9.72 Å². The lowest BCUT2D eigenvalue weighted by Gasteiger charge is -2.11. The molecular formula is C33H43FN4O. The van der Waals surface area contributed by atoms with Gasteiger partial charge in [-0.25, -0.2) is 9.37 Å². The van der Waals surface area contributed by atoms with Crippen LogP contribution in [0.2, 0.25) is 0 Å². The summed E-state index contributed by atoms with van der Waals surface area (Å²) in [6.45, 7) is 13.8. The molecule has 1 saturated carbocycles. The zero-order valence-electron chi connectivity index (χ0n) is 24.1. The fourth-order valence-electron chi connectivity index (χ4n) is 4.65. The summed E-state index contributed by atoms with van der Waals surface area (Å²) in [6, 6.07) is 7.52. The molecule has 1 amide bonds. The van der Waals surface area contributed by atoms with E-state index in [2.05, 4.69) is 57.6 Å². The number of rotatable bonds is 6. The molecule has 208 valence electrons. The average molecular weight is 531 g/mol. The van der Waals surface area contributed by atoms with Crippen LogP contribution in [-0.2, 0) is 0 Å². The first-order chi connectivity index (χ1) is 18.8. The minimum Gasteiger partial charge on any atom is -0.349 e. The highest BCUT2D eigenvalue weighted by atomic mass is 19.1. The van der Waals surface area contributed by atoms with Crippen molar-refractivity contribution in [1.29, 1.82) is 0 Å². The lowest BCUT2D eigenvalue weighted by Crippen LogP contribution is -2.26. The smallest absolute Gasteiger partial charge is 0.254 e. The number of imidazole rings is 1. The van der Waals surface area contributed by atoms with E-state index in [1.165, 1.54) is 23.6 Å². The first kappa shape index (κ1) is 29.8. The van der Waals surface area contributed by atoms with Crippen molar-refractivity contribution in [2.24, 2.45) is 4.99 Å². The number of hydrogen-bond acceptors (Lipinski definition) is 3. The van der Waals surface area contributed by atoms with Gasteiger partial charge in [-0.2, -0.15) is 0 Å². The first-order valence-electron chi connectivity index (χ1n) is 13.8. The lowest BCUT2D eigenvalue weighted by molar-refractivity contribution is 0.0947. The monoisotopic (exact) mass is 530 g/mol. The summed E-state index contributed by atoms with van der Waals surface area (Å²) in [5, 5.41) is 2.81. The Hall–Kier alpha value is -3.80. The Kier molecular flexibility index (Phi) is 10.6. The number of carbonyl (C=O) groups is 1. The van der Waals surface area contributed by atoms with Crippen LogP contribution < -0.4 is 5.32 Å². The molecule has 1 N–H and O–H groups in total. The van der Waals surface area contributed by atoms with Gasteiger partial charge in [0.15, 0.2) is 0 Å². The van der Waals surface area contributed by atoms with E-state index in [1.807, 2.05) is 46.0 Å². The molecule has 1 atom stereocenters. The second-order valence-corrected chi connectivity index (χ2v) is 9.79. The van der Waals surface area contributed by atoms with E-state index in [-0.39, 0.29) is 18.9 Å². The first-order valence-corrected chi connectivity index (χ1v) is 13.8. The fourth-order valence-corrected chi connectivity index (χ4v) is 4.65. The van der Waals surface area contributed by atoms with E-state index in [0.717, 1.165) is 47.3 Å². The van der Waals surface area contributed by atoms with Crippen molar-refractivity contribution in [3.63, 3.8) is 0 Å². The predicted molar refractivity (Wildman–Crippen MR) is 164 cm³/mol. The van der Waals surface area contributed by atoms with Gasteiger partial charge >= 0.3 is 0 Å². The van der Waals surface area contributed by atoms with Crippen molar-refractivity contribution in [1.82, 2.24) is 14.7 Å². The van der Waals surface area contributed by atoms with Crippen molar-refractivity contribution in [2.45, 2.75) is 72.3 Å². The molecule has 0 aliphatic heterocycles. The molecule has 6 heteroatoms. The fraction of sp³-hybridized carbons (Fsp3) is 0.364. The number of benzene rings is 1. The number of hydrogen-bond donors (Lipinski definition) is 1. The van der Waals surface area contributed by atoms with Crippen LogP contribution in [0.3, 0.4) is 0 Å². The molecule has 0 spiro atoms. The van der Waals surface area contributed by atoms with Gasteiger partial charge in [0.2, 0.25) is 0 Å². The number of carbonyl (C=O) groups excluding carboxylic acids is 1. The number of aliphatic imine (C=N–C) groups is 1. The number of halogens is 1. The SMILES string of the molecule is C/C=C(\C=NC)c1cc(C(=O)NC2CC2)c(F)cc1C.C=Cc1cnc2ccc(C3CC=C(C)C3)cn12.CC.[HH]. The molecule has 1 fully saturated rings. The molecule has 0 bridgehead atoms. The van der Waals surface area contributed by atoms with E-state index < -0.39 is 5.82 Å². The maximum atomic E-state index is 14.0. The summed E-state index contributed by atoms with van der Waals surface area (Å²) in [4.78, 5) is 20.4. The number of amides is 1. The van der Waals surface area contributed by atoms with Crippen LogP contribution >= 0.6 is 0 Å². The second kappa shape index (κ2) is 13.8. The van der Waals surface area contributed by atoms with Crippen LogP contribution in [0.4, 0.5) is 4.39 Å². The molecule has 2 aliphatic carbocycles. The van der Waals surface area contributed by atoms with Crippen LogP contribution in [-0.4, -0.2) is 34.6 Å². The number of aromatic nitrogens is 2. The molecule has 2 aromatic heterocycles. The van der Waals surface area contributed by atoms with Crippen LogP contribution in [0.1, 0.15) is 93.5 Å². The third-order valence-corrected chi connectivity index (χ3v) is 6.92. The number of aryl methyl sites for hydroxylation is 1. The average Bonchev–Trinajstić information content (AvgIpc) is 3.49. The van der Waals surface area contributed by atoms with Crippen molar-refractivity contribution >= 4 is 29.4 Å². The number of pyridine rings is 1. The van der Waals surface area contributed by atoms with Gasteiger partial charge in [-0.3, -0.25) is 9.79 Å². The van der Waals surface area contributed by atoms with Crippen molar-refractivity contribution < 1.29 is 10.6 Å². The van der Waals surface area contributed by atoms with Gasteiger partial charge in [-0.15, -0.1) is 0 Å². The minimum atomic E-state index is -0.478. The maximum Gasteiger partial charge on any atom is 0.254 e. The molecule has 1 aromatic carbocycles. The summed E-state index contributed by atoms with van der Waals surface area (Å²) in [5.41, 5.74) is 7.55. The van der Waals surface area contributed by atoms with Gasteiger partial charge in [0.25, 0.3) is 5.91 Å². The molecule has 0 saturated heterocycles. The molecule has 1 unspecified atom stereocenters. The largest absolute Gasteiger partial charge is 0.349 e. The minimum absolute atomic E-state index is 0. The molecule has 5 nitrogen and oxygen atoms in total. The van der Waals surface area contributed by atoms with Crippen LogP contribution in [0.5, 0.6) is 0 Å². The lowest BCUT2D eigenvalue weighted by atomic mass is 9.97.